The molecule has 1 rings (SSSR count). The number of carbonyl (C=O) groups is 1. The number of hydrogen-bond acceptors (Lipinski definition) is 5. The summed E-state index contributed by atoms with van der Waals surface area (Å²) < 4.78 is 0. The third-order valence-electron chi connectivity index (χ3n) is 1.93. The maximum Gasteiger partial charge on any atom is 0.274 e. The van der Waals surface area contributed by atoms with Crippen molar-refractivity contribution in [3.05, 3.63) is 24.3 Å². The monoisotopic (exact) mass is 223 g/mol. The lowest BCUT2D eigenvalue weighted by Crippen LogP contribution is -2.38. The Morgan fingerprint density at radius 2 is 2.38 bits per heavy atom. The highest BCUT2D eigenvalue weighted by Crippen LogP contribution is 1.99. The predicted octanol–water partition coefficient (Wildman–Crippen LogP) is -0.315. The van der Waals surface area contributed by atoms with Gasteiger partial charge in [-0.15, -0.1) is 0 Å². The van der Waals surface area contributed by atoms with Gasteiger partial charge in [-0.2, -0.15) is 0 Å². The second-order valence-electron chi connectivity index (χ2n) is 3.00. The van der Waals surface area contributed by atoms with Gasteiger partial charge in [0.2, 0.25) is 0 Å². The zero-order valence-electron chi connectivity index (χ0n) is 8.87. The smallest absolute Gasteiger partial charge is 0.274 e. The molecule has 0 saturated carbocycles. The van der Waals surface area contributed by atoms with Gasteiger partial charge in [-0.05, 0) is 6.92 Å². The molecule has 0 radical (unpaired) electrons. The van der Waals surface area contributed by atoms with E-state index in [1.807, 2.05) is 0 Å². The van der Waals surface area contributed by atoms with Crippen LogP contribution in [0.2, 0.25) is 0 Å². The van der Waals surface area contributed by atoms with Gasteiger partial charge in [0.05, 0.1) is 12.7 Å². The van der Waals surface area contributed by atoms with Crippen LogP contribution in [0.15, 0.2) is 23.7 Å². The molecule has 0 aliphatic rings. The van der Waals surface area contributed by atoms with E-state index in [0.29, 0.717) is 6.54 Å². The van der Waals surface area contributed by atoms with Crippen LogP contribution < -0.4 is 5.73 Å². The number of oxime groups is 1. The van der Waals surface area contributed by atoms with Crippen molar-refractivity contribution >= 4 is 11.7 Å². The summed E-state index contributed by atoms with van der Waals surface area (Å²) >= 11 is 0. The van der Waals surface area contributed by atoms with E-state index in [9.17, 15) is 4.79 Å². The van der Waals surface area contributed by atoms with Crippen LogP contribution in [0.4, 0.5) is 0 Å². The van der Waals surface area contributed by atoms with E-state index in [4.69, 9.17) is 10.9 Å². The molecule has 7 nitrogen and oxygen atoms in total. The molecule has 1 aromatic rings. The van der Waals surface area contributed by atoms with Gasteiger partial charge in [-0.3, -0.25) is 9.78 Å². The minimum Gasteiger partial charge on any atom is -0.409 e. The minimum atomic E-state index is -0.304. The average molecular weight is 223 g/mol. The van der Waals surface area contributed by atoms with Gasteiger partial charge in [0, 0.05) is 18.9 Å². The van der Waals surface area contributed by atoms with Crippen molar-refractivity contribution in [3.8, 4) is 0 Å². The van der Waals surface area contributed by atoms with Crippen LogP contribution in [0.5, 0.6) is 0 Å². The second kappa shape index (κ2) is 5.64. The van der Waals surface area contributed by atoms with E-state index in [2.05, 4.69) is 15.1 Å². The SMILES string of the molecule is CCN(CC(N)=NO)C(=O)c1cnccn1. The number of rotatable bonds is 4. The topological polar surface area (TPSA) is 105 Å². The van der Waals surface area contributed by atoms with Crippen LogP contribution in [-0.2, 0) is 0 Å². The zero-order valence-corrected chi connectivity index (χ0v) is 8.87. The first-order valence-electron chi connectivity index (χ1n) is 4.70. The van der Waals surface area contributed by atoms with E-state index in [1.54, 1.807) is 6.92 Å². The number of likely N-dealkylation sites (N-methyl/N-ethyl adjacent to an activating group) is 1. The molecule has 0 saturated heterocycles. The van der Waals surface area contributed by atoms with Crippen molar-refractivity contribution in [2.45, 2.75) is 6.92 Å². The van der Waals surface area contributed by atoms with Crippen molar-refractivity contribution in [3.63, 3.8) is 0 Å². The number of aromatic nitrogens is 2. The Morgan fingerprint density at radius 3 is 2.88 bits per heavy atom. The molecule has 3 N–H and O–H groups in total. The maximum atomic E-state index is 11.9. The fourth-order valence-electron chi connectivity index (χ4n) is 1.13. The Bertz CT molecular complexity index is 379. The van der Waals surface area contributed by atoms with Crippen molar-refractivity contribution in [2.75, 3.05) is 13.1 Å². The van der Waals surface area contributed by atoms with Gasteiger partial charge < -0.3 is 15.8 Å². The molecule has 16 heavy (non-hydrogen) atoms. The van der Waals surface area contributed by atoms with Gasteiger partial charge in [0.1, 0.15) is 5.69 Å². The third-order valence-corrected chi connectivity index (χ3v) is 1.93. The number of amidine groups is 1. The largest absolute Gasteiger partial charge is 0.409 e. The van der Waals surface area contributed by atoms with E-state index >= 15 is 0 Å². The van der Waals surface area contributed by atoms with Crippen LogP contribution >= 0.6 is 0 Å². The van der Waals surface area contributed by atoms with Gasteiger partial charge in [-0.25, -0.2) is 4.98 Å². The fourth-order valence-corrected chi connectivity index (χ4v) is 1.13. The summed E-state index contributed by atoms with van der Waals surface area (Å²) in [7, 11) is 0. The van der Waals surface area contributed by atoms with Gasteiger partial charge in [0.15, 0.2) is 5.84 Å². The molecular weight excluding hydrogens is 210 g/mol. The number of carbonyl (C=O) groups excluding carboxylic acids is 1. The molecule has 0 atom stereocenters. The summed E-state index contributed by atoms with van der Waals surface area (Å²) in [5.41, 5.74) is 5.57. The molecule has 0 aliphatic carbocycles. The molecule has 0 bridgehead atoms. The molecular formula is C9H13N5O2. The first-order chi connectivity index (χ1) is 7.69. The molecule has 0 aliphatic heterocycles. The summed E-state index contributed by atoms with van der Waals surface area (Å²) in [6.07, 6.45) is 4.29. The first kappa shape index (κ1) is 11.9. The second-order valence-corrected chi connectivity index (χ2v) is 3.00. The van der Waals surface area contributed by atoms with Crippen molar-refractivity contribution in [2.24, 2.45) is 10.9 Å². The first-order valence-corrected chi connectivity index (χ1v) is 4.70. The molecule has 1 heterocycles. The van der Waals surface area contributed by atoms with E-state index in [0.717, 1.165) is 0 Å². The lowest BCUT2D eigenvalue weighted by Gasteiger charge is -2.18. The van der Waals surface area contributed by atoms with Crippen LogP contribution in [0.3, 0.4) is 0 Å². The Balaban J connectivity index is 2.78. The normalized spacial score (nSPS) is 11.2. The van der Waals surface area contributed by atoms with Crippen molar-refractivity contribution in [1.29, 1.82) is 0 Å². The molecule has 1 aromatic heterocycles. The quantitative estimate of drug-likeness (QED) is 0.315. The number of hydrogen-bond donors (Lipinski definition) is 2. The van der Waals surface area contributed by atoms with Crippen LogP contribution in [-0.4, -0.2) is 44.9 Å². The minimum absolute atomic E-state index is 0.0286. The molecule has 0 aromatic carbocycles. The summed E-state index contributed by atoms with van der Waals surface area (Å²) in [4.78, 5) is 20.9. The highest BCUT2D eigenvalue weighted by molar-refractivity contribution is 5.95. The third kappa shape index (κ3) is 2.91. The Labute approximate surface area is 92.6 Å². The molecule has 7 heteroatoms. The number of nitrogens with zero attached hydrogens (tertiary/aromatic N) is 4. The number of nitrogens with two attached hydrogens (primary N) is 1. The van der Waals surface area contributed by atoms with Crippen molar-refractivity contribution < 1.29 is 10.0 Å². The summed E-state index contributed by atoms with van der Waals surface area (Å²) in [6, 6.07) is 0. The highest BCUT2D eigenvalue weighted by Gasteiger charge is 2.16. The van der Waals surface area contributed by atoms with E-state index < -0.39 is 0 Å². The molecule has 0 fully saturated rings. The zero-order chi connectivity index (χ0) is 12.0. The number of amides is 1. The fraction of sp³-hybridized carbons (Fsp3) is 0.333. The summed E-state index contributed by atoms with van der Waals surface area (Å²) in [5.74, 6) is -0.332. The Kier molecular flexibility index (Phi) is 4.19. The van der Waals surface area contributed by atoms with Gasteiger partial charge >= 0.3 is 0 Å². The van der Waals surface area contributed by atoms with E-state index in [1.165, 1.54) is 23.5 Å². The standard InChI is InChI=1S/C9H13N5O2/c1-2-14(6-8(10)13-16)9(15)7-5-11-3-4-12-7/h3-5,16H,2,6H2,1H3,(H2,10,13). The van der Waals surface area contributed by atoms with E-state index in [-0.39, 0.29) is 24.0 Å². The summed E-state index contributed by atoms with van der Waals surface area (Å²) in [5, 5.41) is 11.2. The van der Waals surface area contributed by atoms with Crippen molar-refractivity contribution in [1.82, 2.24) is 14.9 Å². The molecule has 86 valence electrons. The van der Waals surface area contributed by atoms with Gasteiger partial charge in [0.25, 0.3) is 5.91 Å². The predicted molar refractivity (Wildman–Crippen MR) is 57.0 cm³/mol. The Hall–Kier alpha value is -2.18. The molecule has 1 amide bonds. The average Bonchev–Trinajstić information content (AvgIpc) is 2.35. The molecule has 0 spiro atoms. The Morgan fingerprint density at radius 1 is 1.62 bits per heavy atom. The lowest BCUT2D eigenvalue weighted by molar-refractivity contribution is 0.0780. The van der Waals surface area contributed by atoms with Crippen LogP contribution in [0, 0.1) is 0 Å². The maximum absolute atomic E-state index is 11.9. The van der Waals surface area contributed by atoms with Crippen LogP contribution in [0.1, 0.15) is 17.4 Å². The van der Waals surface area contributed by atoms with Gasteiger partial charge in [-0.1, -0.05) is 5.16 Å². The van der Waals surface area contributed by atoms with Crippen LogP contribution in [0.25, 0.3) is 0 Å². The highest BCUT2D eigenvalue weighted by atomic mass is 16.4. The lowest BCUT2D eigenvalue weighted by atomic mass is 10.3. The molecule has 0 unspecified atom stereocenters. The summed E-state index contributed by atoms with van der Waals surface area (Å²) in [6.45, 7) is 2.28.